The van der Waals surface area contributed by atoms with Crippen LogP contribution < -0.4 is 0 Å². The third-order valence-electron chi connectivity index (χ3n) is 3.19. The van der Waals surface area contributed by atoms with E-state index < -0.39 is 0 Å². The molecule has 3 aromatic rings. The molecule has 6 heteroatoms. The van der Waals surface area contributed by atoms with Crippen molar-refractivity contribution in [2.75, 3.05) is 0 Å². The van der Waals surface area contributed by atoms with Crippen LogP contribution in [-0.4, -0.2) is 14.8 Å². The molecule has 22 heavy (non-hydrogen) atoms. The molecule has 0 N–H and O–H groups in total. The summed E-state index contributed by atoms with van der Waals surface area (Å²) in [6.07, 6.45) is 0. The van der Waals surface area contributed by atoms with Gasteiger partial charge in [0.1, 0.15) is 5.82 Å². The van der Waals surface area contributed by atoms with Gasteiger partial charge in [-0.15, -0.1) is 10.2 Å². The van der Waals surface area contributed by atoms with Crippen molar-refractivity contribution in [2.24, 2.45) is 7.05 Å². The molecule has 3 rings (SSSR count). The van der Waals surface area contributed by atoms with Crippen LogP contribution in [0.4, 0.5) is 4.39 Å². The standard InChI is InChI=1S/C16H13ClFN3S/c1-21-15(12-5-7-13(17)8-6-12)19-20-16(21)22-10-11-3-2-4-14(18)9-11/h2-9H,10H2,1H3. The molecular formula is C16H13ClFN3S. The van der Waals surface area contributed by atoms with Gasteiger partial charge in [0.25, 0.3) is 0 Å². The van der Waals surface area contributed by atoms with Gasteiger partial charge in [0.15, 0.2) is 11.0 Å². The molecule has 2 aromatic carbocycles. The van der Waals surface area contributed by atoms with E-state index in [4.69, 9.17) is 11.6 Å². The monoisotopic (exact) mass is 333 g/mol. The van der Waals surface area contributed by atoms with Crippen LogP contribution in [0.25, 0.3) is 11.4 Å². The molecule has 0 saturated heterocycles. The van der Waals surface area contributed by atoms with Crippen LogP contribution >= 0.6 is 23.4 Å². The smallest absolute Gasteiger partial charge is 0.191 e. The van der Waals surface area contributed by atoms with Gasteiger partial charge in [0.05, 0.1) is 0 Å². The van der Waals surface area contributed by atoms with Crippen LogP contribution in [0.2, 0.25) is 5.02 Å². The van der Waals surface area contributed by atoms with Crippen LogP contribution in [0.5, 0.6) is 0 Å². The lowest BCUT2D eigenvalue weighted by atomic mass is 10.2. The first kappa shape index (κ1) is 15.1. The minimum Gasteiger partial charge on any atom is -0.305 e. The highest BCUT2D eigenvalue weighted by Gasteiger charge is 2.11. The minimum atomic E-state index is -0.224. The molecule has 0 saturated carbocycles. The first-order chi connectivity index (χ1) is 10.6. The van der Waals surface area contributed by atoms with Crippen LogP contribution in [0.1, 0.15) is 5.56 Å². The first-order valence-electron chi connectivity index (χ1n) is 6.66. The van der Waals surface area contributed by atoms with Crippen molar-refractivity contribution in [2.45, 2.75) is 10.9 Å². The van der Waals surface area contributed by atoms with Gasteiger partial charge < -0.3 is 4.57 Å². The van der Waals surface area contributed by atoms with Crippen molar-refractivity contribution in [1.82, 2.24) is 14.8 Å². The largest absolute Gasteiger partial charge is 0.305 e. The van der Waals surface area contributed by atoms with Gasteiger partial charge in [-0.1, -0.05) is 35.5 Å². The summed E-state index contributed by atoms with van der Waals surface area (Å²) in [5.41, 5.74) is 1.87. The predicted octanol–water partition coefficient (Wildman–Crippen LogP) is 4.57. The highest BCUT2D eigenvalue weighted by atomic mass is 35.5. The fraction of sp³-hybridized carbons (Fsp3) is 0.125. The van der Waals surface area contributed by atoms with Crippen molar-refractivity contribution in [3.05, 3.63) is 64.9 Å². The molecule has 0 aliphatic carbocycles. The van der Waals surface area contributed by atoms with E-state index in [9.17, 15) is 4.39 Å². The number of rotatable bonds is 4. The Morgan fingerprint density at radius 1 is 1.14 bits per heavy atom. The number of hydrogen-bond acceptors (Lipinski definition) is 3. The van der Waals surface area contributed by atoms with E-state index in [1.807, 2.05) is 41.9 Å². The van der Waals surface area contributed by atoms with E-state index in [0.29, 0.717) is 10.8 Å². The average molecular weight is 334 g/mol. The molecule has 0 fully saturated rings. The SMILES string of the molecule is Cn1c(SCc2cccc(F)c2)nnc1-c1ccc(Cl)cc1. The highest BCUT2D eigenvalue weighted by Crippen LogP contribution is 2.26. The topological polar surface area (TPSA) is 30.7 Å². The summed E-state index contributed by atoms with van der Waals surface area (Å²) in [6.45, 7) is 0. The minimum absolute atomic E-state index is 0.224. The number of thioether (sulfide) groups is 1. The Balaban J connectivity index is 1.77. The van der Waals surface area contributed by atoms with Gasteiger partial charge in [-0.25, -0.2) is 4.39 Å². The molecule has 1 aromatic heterocycles. The normalized spacial score (nSPS) is 10.9. The van der Waals surface area contributed by atoms with Crippen molar-refractivity contribution in [3.63, 3.8) is 0 Å². The van der Waals surface area contributed by atoms with Gasteiger partial charge in [0.2, 0.25) is 0 Å². The molecule has 0 radical (unpaired) electrons. The fourth-order valence-corrected chi connectivity index (χ4v) is 3.05. The Morgan fingerprint density at radius 3 is 2.64 bits per heavy atom. The summed E-state index contributed by atoms with van der Waals surface area (Å²) in [5.74, 6) is 1.20. The van der Waals surface area contributed by atoms with Crippen LogP contribution in [-0.2, 0) is 12.8 Å². The number of hydrogen-bond donors (Lipinski definition) is 0. The molecule has 0 spiro atoms. The fourth-order valence-electron chi connectivity index (χ4n) is 2.07. The zero-order chi connectivity index (χ0) is 15.5. The van der Waals surface area contributed by atoms with Gasteiger partial charge in [-0.2, -0.15) is 0 Å². The lowest BCUT2D eigenvalue weighted by Gasteiger charge is -2.04. The summed E-state index contributed by atoms with van der Waals surface area (Å²) in [5, 5.41) is 9.89. The van der Waals surface area contributed by atoms with Gasteiger partial charge in [0, 0.05) is 23.4 Å². The second kappa shape index (κ2) is 6.50. The first-order valence-corrected chi connectivity index (χ1v) is 8.02. The number of halogens is 2. The molecule has 0 amide bonds. The van der Waals surface area contributed by atoms with Gasteiger partial charge >= 0.3 is 0 Å². The van der Waals surface area contributed by atoms with Crippen molar-refractivity contribution >= 4 is 23.4 Å². The Labute approximate surface area is 137 Å². The summed E-state index contributed by atoms with van der Waals surface area (Å²) in [4.78, 5) is 0. The van der Waals surface area contributed by atoms with Crippen molar-refractivity contribution < 1.29 is 4.39 Å². The molecule has 0 unspecified atom stereocenters. The van der Waals surface area contributed by atoms with Crippen molar-refractivity contribution in [3.8, 4) is 11.4 Å². The number of nitrogens with zero attached hydrogens (tertiary/aromatic N) is 3. The molecular weight excluding hydrogens is 321 g/mol. The van der Waals surface area contributed by atoms with E-state index in [1.165, 1.54) is 23.9 Å². The van der Waals surface area contributed by atoms with Crippen molar-refractivity contribution in [1.29, 1.82) is 0 Å². The van der Waals surface area contributed by atoms with E-state index in [1.54, 1.807) is 6.07 Å². The molecule has 0 bridgehead atoms. The highest BCUT2D eigenvalue weighted by molar-refractivity contribution is 7.98. The van der Waals surface area contributed by atoms with E-state index >= 15 is 0 Å². The lowest BCUT2D eigenvalue weighted by molar-refractivity contribution is 0.626. The number of aromatic nitrogens is 3. The maximum absolute atomic E-state index is 13.2. The zero-order valence-corrected chi connectivity index (χ0v) is 13.4. The van der Waals surface area contributed by atoms with E-state index in [-0.39, 0.29) is 5.82 Å². The summed E-state index contributed by atoms with van der Waals surface area (Å²) in [7, 11) is 1.91. The predicted molar refractivity (Wildman–Crippen MR) is 87.4 cm³/mol. The number of benzene rings is 2. The third kappa shape index (κ3) is 3.31. The van der Waals surface area contributed by atoms with E-state index in [2.05, 4.69) is 10.2 Å². The van der Waals surface area contributed by atoms with Crippen LogP contribution in [0, 0.1) is 5.82 Å². The Kier molecular flexibility index (Phi) is 4.45. The third-order valence-corrected chi connectivity index (χ3v) is 4.54. The summed E-state index contributed by atoms with van der Waals surface area (Å²) >= 11 is 7.42. The maximum Gasteiger partial charge on any atom is 0.191 e. The van der Waals surface area contributed by atoms with E-state index in [0.717, 1.165) is 22.1 Å². The zero-order valence-electron chi connectivity index (χ0n) is 11.8. The van der Waals surface area contributed by atoms with Gasteiger partial charge in [-0.3, -0.25) is 0 Å². The molecule has 112 valence electrons. The second-order valence-electron chi connectivity index (χ2n) is 4.79. The van der Waals surface area contributed by atoms with Crippen LogP contribution in [0.15, 0.2) is 53.7 Å². The molecule has 0 atom stereocenters. The second-order valence-corrected chi connectivity index (χ2v) is 6.17. The molecule has 0 aliphatic rings. The Bertz CT molecular complexity index is 786. The summed E-state index contributed by atoms with van der Waals surface area (Å²) < 4.78 is 15.1. The quantitative estimate of drug-likeness (QED) is 0.655. The Hall–Kier alpha value is -1.85. The maximum atomic E-state index is 13.2. The summed E-state index contributed by atoms with van der Waals surface area (Å²) in [6, 6.07) is 14.0. The lowest BCUT2D eigenvalue weighted by Crippen LogP contribution is -1.95. The molecule has 1 heterocycles. The average Bonchev–Trinajstić information content (AvgIpc) is 2.87. The molecule has 0 aliphatic heterocycles. The molecule has 3 nitrogen and oxygen atoms in total. The van der Waals surface area contributed by atoms with Gasteiger partial charge in [-0.05, 0) is 42.0 Å². The van der Waals surface area contributed by atoms with Crippen LogP contribution in [0.3, 0.4) is 0 Å². The Morgan fingerprint density at radius 2 is 1.91 bits per heavy atom.